The molecule has 0 aromatic heterocycles. The van der Waals surface area contributed by atoms with Crippen LogP contribution >= 0.6 is 0 Å². The summed E-state index contributed by atoms with van der Waals surface area (Å²) in [6.45, 7) is 3.07. The first-order chi connectivity index (χ1) is 7.29. The number of phenolic OH excluding ortho intramolecular Hbond substituents is 1. The third-order valence-corrected chi connectivity index (χ3v) is 3.09. The molecule has 1 aromatic rings. The molecule has 0 aliphatic carbocycles. The number of rotatable bonds is 4. The minimum Gasteiger partial charge on any atom is -0.508 e. The predicted molar refractivity (Wildman–Crippen MR) is 60.8 cm³/mol. The fourth-order valence-corrected chi connectivity index (χ4v) is 1.97. The molecule has 2 rings (SSSR count). The maximum atomic E-state index is 9.18. The topological polar surface area (TPSA) is 49.5 Å². The van der Waals surface area contributed by atoms with Crippen molar-refractivity contribution in [2.45, 2.75) is 18.9 Å². The lowest BCUT2D eigenvalue weighted by Gasteiger charge is -2.38. The second-order valence-electron chi connectivity index (χ2n) is 4.15. The number of nitrogens with two attached hydrogens (primary N) is 1. The highest BCUT2D eigenvalue weighted by molar-refractivity contribution is 5.26. The molecule has 82 valence electrons. The van der Waals surface area contributed by atoms with E-state index in [9.17, 15) is 5.11 Å². The quantitative estimate of drug-likeness (QED) is 0.771. The third-order valence-electron chi connectivity index (χ3n) is 3.09. The van der Waals surface area contributed by atoms with Gasteiger partial charge in [-0.2, -0.15) is 0 Å². The Balaban J connectivity index is 1.96. The van der Waals surface area contributed by atoms with Crippen LogP contribution < -0.4 is 5.73 Å². The smallest absolute Gasteiger partial charge is 0.115 e. The second kappa shape index (κ2) is 4.64. The molecule has 1 aliphatic rings. The first-order valence-electron chi connectivity index (χ1n) is 5.51. The van der Waals surface area contributed by atoms with Crippen molar-refractivity contribution in [3.05, 3.63) is 29.8 Å². The SMILES string of the molecule is NCC(Cc1ccc(O)cc1)N1CCC1. The van der Waals surface area contributed by atoms with Gasteiger partial charge in [0, 0.05) is 12.6 Å². The molecule has 15 heavy (non-hydrogen) atoms. The summed E-state index contributed by atoms with van der Waals surface area (Å²) in [5, 5.41) is 9.18. The molecule has 0 radical (unpaired) electrons. The fraction of sp³-hybridized carbons (Fsp3) is 0.500. The Morgan fingerprint density at radius 2 is 1.93 bits per heavy atom. The lowest BCUT2D eigenvalue weighted by atomic mass is 10.0. The van der Waals surface area contributed by atoms with Crippen LogP contribution in [0.5, 0.6) is 5.75 Å². The minimum atomic E-state index is 0.326. The predicted octanol–water partition coefficient (Wildman–Crippen LogP) is 0.968. The molecule has 0 amide bonds. The van der Waals surface area contributed by atoms with Crippen molar-refractivity contribution in [2.75, 3.05) is 19.6 Å². The Labute approximate surface area is 90.5 Å². The maximum absolute atomic E-state index is 9.18. The van der Waals surface area contributed by atoms with Gasteiger partial charge >= 0.3 is 0 Å². The van der Waals surface area contributed by atoms with Crippen LogP contribution in [-0.4, -0.2) is 35.7 Å². The standard InChI is InChI=1S/C12H18N2O/c13-9-11(14-6-1-7-14)8-10-2-4-12(15)5-3-10/h2-5,11,15H,1,6-9,13H2. The number of hydrogen-bond donors (Lipinski definition) is 2. The van der Waals surface area contributed by atoms with Crippen LogP contribution in [-0.2, 0) is 6.42 Å². The van der Waals surface area contributed by atoms with E-state index < -0.39 is 0 Å². The zero-order valence-electron chi connectivity index (χ0n) is 8.89. The van der Waals surface area contributed by atoms with Crippen LogP contribution in [0.25, 0.3) is 0 Å². The zero-order valence-corrected chi connectivity index (χ0v) is 8.89. The van der Waals surface area contributed by atoms with Gasteiger partial charge in [0.2, 0.25) is 0 Å². The normalized spacial score (nSPS) is 18.5. The van der Waals surface area contributed by atoms with Crippen molar-refractivity contribution in [3.63, 3.8) is 0 Å². The van der Waals surface area contributed by atoms with Crippen molar-refractivity contribution in [3.8, 4) is 5.75 Å². The van der Waals surface area contributed by atoms with Gasteiger partial charge in [0.15, 0.2) is 0 Å². The van der Waals surface area contributed by atoms with E-state index in [2.05, 4.69) is 4.90 Å². The molecule has 1 saturated heterocycles. The van der Waals surface area contributed by atoms with Crippen molar-refractivity contribution < 1.29 is 5.11 Å². The molecule has 3 nitrogen and oxygen atoms in total. The molecule has 3 N–H and O–H groups in total. The van der Waals surface area contributed by atoms with Gasteiger partial charge in [-0.15, -0.1) is 0 Å². The average molecular weight is 206 g/mol. The number of hydrogen-bond acceptors (Lipinski definition) is 3. The largest absolute Gasteiger partial charge is 0.508 e. The Hall–Kier alpha value is -1.06. The van der Waals surface area contributed by atoms with Crippen LogP contribution in [0.4, 0.5) is 0 Å². The van der Waals surface area contributed by atoms with Gasteiger partial charge < -0.3 is 10.8 Å². The van der Waals surface area contributed by atoms with E-state index in [-0.39, 0.29) is 0 Å². The van der Waals surface area contributed by atoms with Gasteiger partial charge in [0.05, 0.1) is 0 Å². The lowest BCUT2D eigenvalue weighted by Crippen LogP contribution is -2.49. The molecule has 1 aliphatic heterocycles. The van der Waals surface area contributed by atoms with E-state index >= 15 is 0 Å². The lowest BCUT2D eigenvalue weighted by molar-refractivity contribution is 0.121. The number of benzene rings is 1. The Morgan fingerprint density at radius 3 is 2.40 bits per heavy atom. The molecule has 1 fully saturated rings. The van der Waals surface area contributed by atoms with Crippen LogP contribution in [0, 0.1) is 0 Å². The van der Waals surface area contributed by atoms with Crippen molar-refractivity contribution in [1.29, 1.82) is 0 Å². The van der Waals surface area contributed by atoms with Gasteiger partial charge in [0.1, 0.15) is 5.75 Å². The first-order valence-corrected chi connectivity index (χ1v) is 5.51. The molecule has 1 atom stereocenters. The van der Waals surface area contributed by atoms with Crippen LogP contribution in [0.1, 0.15) is 12.0 Å². The highest BCUT2D eigenvalue weighted by Crippen LogP contribution is 2.16. The summed E-state index contributed by atoms with van der Waals surface area (Å²) in [6.07, 6.45) is 2.28. The number of nitrogens with zero attached hydrogens (tertiary/aromatic N) is 1. The van der Waals surface area contributed by atoms with Crippen LogP contribution in [0.3, 0.4) is 0 Å². The summed E-state index contributed by atoms with van der Waals surface area (Å²) < 4.78 is 0. The molecular formula is C12H18N2O. The Morgan fingerprint density at radius 1 is 1.27 bits per heavy atom. The summed E-state index contributed by atoms with van der Waals surface area (Å²) in [4.78, 5) is 2.42. The number of phenols is 1. The molecule has 0 spiro atoms. The van der Waals surface area contributed by atoms with Gasteiger partial charge in [0.25, 0.3) is 0 Å². The monoisotopic (exact) mass is 206 g/mol. The van der Waals surface area contributed by atoms with Crippen molar-refractivity contribution in [2.24, 2.45) is 5.73 Å². The van der Waals surface area contributed by atoms with Gasteiger partial charge in [-0.1, -0.05) is 12.1 Å². The van der Waals surface area contributed by atoms with Gasteiger partial charge in [-0.3, -0.25) is 4.90 Å². The molecule has 1 heterocycles. The maximum Gasteiger partial charge on any atom is 0.115 e. The summed E-state index contributed by atoms with van der Waals surface area (Å²) >= 11 is 0. The summed E-state index contributed by atoms with van der Waals surface area (Å²) in [6, 6.07) is 7.87. The minimum absolute atomic E-state index is 0.326. The third kappa shape index (κ3) is 2.49. The van der Waals surface area contributed by atoms with Crippen LogP contribution in [0.15, 0.2) is 24.3 Å². The Bertz CT molecular complexity index is 306. The molecule has 0 bridgehead atoms. The van der Waals surface area contributed by atoms with Gasteiger partial charge in [-0.05, 0) is 43.6 Å². The van der Waals surface area contributed by atoms with Gasteiger partial charge in [-0.25, -0.2) is 0 Å². The Kier molecular flexibility index (Phi) is 3.23. The summed E-state index contributed by atoms with van der Waals surface area (Å²) in [5.41, 5.74) is 7.02. The van der Waals surface area contributed by atoms with E-state index in [0.29, 0.717) is 18.3 Å². The van der Waals surface area contributed by atoms with E-state index in [0.717, 1.165) is 6.42 Å². The first kappa shape index (κ1) is 10.5. The number of aromatic hydroxyl groups is 1. The molecule has 1 unspecified atom stereocenters. The second-order valence-corrected chi connectivity index (χ2v) is 4.15. The molecule has 3 heteroatoms. The van der Waals surface area contributed by atoms with E-state index in [1.165, 1.54) is 25.1 Å². The average Bonchev–Trinajstić information content (AvgIpc) is 2.17. The fourth-order valence-electron chi connectivity index (χ4n) is 1.97. The van der Waals surface area contributed by atoms with Crippen LogP contribution in [0.2, 0.25) is 0 Å². The molecule has 1 aromatic carbocycles. The van der Waals surface area contributed by atoms with E-state index in [1.807, 2.05) is 12.1 Å². The van der Waals surface area contributed by atoms with Crippen molar-refractivity contribution in [1.82, 2.24) is 4.90 Å². The molecular weight excluding hydrogens is 188 g/mol. The zero-order chi connectivity index (χ0) is 10.7. The summed E-state index contributed by atoms with van der Waals surface area (Å²) in [7, 11) is 0. The number of likely N-dealkylation sites (tertiary alicyclic amines) is 1. The van der Waals surface area contributed by atoms with E-state index in [1.54, 1.807) is 12.1 Å². The molecule has 0 saturated carbocycles. The summed E-state index contributed by atoms with van der Waals surface area (Å²) in [5.74, 6) is 0.326. The highest BCUT2D eigenvalue weighted by Gasteiger charge is 2.22. The van der Waals surface area contributed by atoms with Crippen molar-refractivity contribution >= 4 is 0 Å². The highest BCUT2D eigenvalue weighted by atomic mass is 16.3. The van der Waals surface area contributed by atoms with E-state index in [4.69, 9.17) is 5.73 Å².